The minimum absolute atomic E-state index is 0.408. The van der Waals surface area contributed by atoms with Crippen molar-refractivity contribution in [2.45, 2.75) is 13.3 Å². The molecule has 0 fully saturated rings. The predicted octanol–water partition coefficient (Wildman–Crippen LogP) is 3.59. The molecule has 0 heterocycles. The number of nitrogens with zero attached hydrogens (tertiary/aromatic N) is 1. The van der Waals surface area contributed by atoms with Crippen molar-refractivity contribution in [2.75, 3.05) is 14.2 Å². The predicted molar refractivity (Wildman–Crippen MR) is 68.2 cm³/mol. The second-order valence-electron chi connectivity index (χ2n) is 3.32. The quantitative estimate of drug-likeness (QED) is 0.768. The maximum absolute atomic E-state index is 8.98. The molecule has 4 heteroatoms. The first kappa shape index (κ1) is 13.4. The molecule has 0 atom stereocenters. The molecule has 0 N–H and O–H groups in total. The topological polar surface area (TPSA) is 42.2 Å². The summed E-state index contributed by atoms with van der Waals surface area (Å²) in [5, 5.41) is 9.39. The molecule has 1 aromatic rings. The van der Waals surface area contributed by atoms with Crippen molar-refractivity contribution in [1.29, 1.82) is 5.26 Å². The van der Waals surface area contributed by atoms with Crippen LogP contribution in [0.5, 0.6) is 11.5 Å². The van der Waals surface area contributed by atoms with Crippen molar-refractivity contribution in [1.82, 2.24) is 0 Å². The summed E-state index contributed by atoms with van der Waals surface area (Å²) < 4.78 is 10.4. The van der Waals surface area contributed by atoms with Gasteiger partial charge in [-0.1, -0.05) is 18.5 Å². The number of halogens is 1. The summed E-state index contributed by atoms with van der Waals surface area (Å²) in [5.74, 6) is 1.30. The summed E-state index contributed by atoms with van der Waals surface area (Å²) >= 11 is 6.21. The fourth-order valence-electron chi connectivity index (χ4n) is 1.43. The molecule has 17 heavy (non-hydrogen) atoms. The van der Waals surface area contributed by atoms with Crippen LogP contribution >= 0.6 is 11.6 Å². The number of nitriles is 1. The Morgan fingerprint density at radius 2 is 2.06 bits per heavy atom. The van der Waals surface area contributed by atoms with Crippen molar-refractivity contribution >= 4 is 16.6 Å². The summed E-state index contributed by atoms with van der Waals surface area (Å²) in [6, 6.07) is 7.40. The zero-order valence-corrected chi connectivity index (χ0v) is 10.8. The van der Waals surface area contributed by atoms with E-state index in [1.165, 1.54) is 0 Å². The van der Waals surface area contributed by atoms with Crippen LogP contribution in [0.1, 0.15) is 18.9 Å². The lowest BCUT2D eigenvalue weighted by Crippen LogP contribution is -1.93. The molecule has 1 rings (SSSR count). The van der Waals surface area contributed by atoms with Crippen LogP contribution in [0.15, 0.2) is 23.8 Å². The Kier molecular flexibility index (Phi) is 4.86. The Bertz CT molecular complexity index is 475. The normalized spacial score (nSPS) is 11.5. The first-order valence-corrected chi connectivity index (χ1v) is 5.56. The fraction of sp³-hybridized carbons (Fsp3) is 0.308. The zero-order chi connectivity index (χ0) is 12.8. The smallest absolute Gasteiger partial charge is 0.127 e. The van der Waals surface area contributed by atoms with Crippen LogP contribution in [-0.2, 0) is 0 Å². The van der Waals surface area contributed by atoms with E-state index < -0.39 is 0 Å². The number of benzene rings is 1. The van der Waals surface area contributed by atoms with E-state index in [1.807, 2.05) is 6.92 Å². The molecule has 1 aromatic carbocycles. The molecule has 0 amide bonds. The maximum Gasteiger partial charge on any atom is 0.127 e. The maximum atomic E-state index is 8.98. The lowest BCUT2D eigenvalue weighted by Gasteiger charge is -2.10. The van der Waals surface area contributed by atoms with Gasteiger partial charge in [-0.15, -0.1) is 0 Å². The van der Waals surface area contributed by atoms with Crippen LogP contribution in [0.4, 0.5) is 0 Å². The van der Waals surface area contributed by atoms with Crippen molar-refractivity contribution in [3.8, 4) is 17.6 Å². The molecule has 0 aliphatic carbocycles. The molecular weight excluding hydrogens is 238 g/mol. The van der Waals surface area contributed by atoms with E-state index in [4.69, 9.17) is 26.3 Å². The molecule has 0 saturated carbocycles. The van der Waals surface area contributed by atoms with Gasteiger partial charge in [0.05, 0.1) is 25.3 Å². The Morgan fingerprint density at radius 1 is 1.35 bits per heavy atom. The number of methoxy groups -OCH3 is 2. The Balaban J connectivity index is 3.38. The molecule has 3 nitrogen and oxygen atoms in total. The molecule has 0 spiro atoms. The number of hydrogen-bond donors (Lipinski definition) is 0. The molecule has 0 unspecified atom stereocenters. The number of rotatable bonds is 4. The molecular formula is C13H14ClNO2. The monoisotopic (exact) mass is 251 g/mol. The summed E-state index contributed by atoms with van der Waals surface area (Å²) in [5.41, 5.74) is 1.20. The molecule has 0 aliphatic rings. The van der Waals surface area contributed by atoms with E-state index in [0.717, 1.165) is 0 Å². The number of ether oxygens (including phenoxy) is 2. The standard InChI is InChI=1S/C13H14ClNO2/c1-4-9(8-15)13(14)11-7-10(16-2)5-6-12(11)17-3/h5-7H,4H2,1-3H3. The lowest BCUT2D eigenvalue weighted by atomic mass is 10.1. The summed E-state index contributed by atoms with van der Waals surface area (Å²) in [4.78, 5) is 0. The first-order chi connectivity index (χ1) is 8.17. The Hall–Kier alpha value is -1.66. The van der Waals surface area contributed by atoms with Crippen molar-refractivity contribution in [2.24, 2.45) is 0 Å². The van der Waals surface area contributed by atoms with Crippen LogP contribution in [0.2, 0.25) is 0 Å². The van der Waals surface area contributed by atoms with Gasteiger partial charge in [-0.2, -0.15) is 5.26 Å². The van der Waals surface area contributed by atoms with Crippen LogP contribution in [-0.4, -0.2) is 14.2 Å². The molecule has 0 aromatic heterocycles. The van der Waals surface area contributed by atoms with Gasteiger partial charge < -0.3 is 9.47 Å². The molecule has 0 bridgehead atoms. The second-order valence-corrected chi connectivity index (χ2v) is 3.70. The van der Waals surface area contributed by atoms with E-state index in [1.54, 1.807) is 32.4 Å². The minimum atomic E-state index is 0.408. The van der Waals surface area contributed by atoms with Gasteiger partial charge >= 0.3 is 0 Å². The highest BCUT2D eigenvalue weighted by Crippen LogP contribution is 2.34. The average Bonchev–Trinajstić information content (AvgIpc) is 2.39. The summed E-state index contributed by atoms with van der Waals surface area (Å²) in [6.07, 6.45) is 0.579. The van der Waals surface area contributed by atoms with Crippen molar-refractivity contribution < 1.29 is 9.47 Å². The van der Waals surface area contributed by atoms with Crippen LogP contribution in [0.25, 0.3) is 5.03 Å². The van der Waals surface area contributed by atoms with Gasteiger partial charge in [-0.25, -0.2) is 0 Å². The molecule has 0 radical (unpaired) electrons. The highest BCUT2D eigenvalue weighted by Gasteiger charge is 2.12. The number of allylic oxidation sites excluding steroid dienone is 1. The van der Waals surface area contributed by atoms with Crippen LogP contribution in [0, 0.1) is 11.3 Å². The van der Waals surface area contributed by atoms with E-state index in [0.29, 0.717) is 34.1 Å². The van der Waals surface area contributed by atoms with Gasteiger partial charge in [-0.3, -0.25) is 0 Å². The van der Waals surface area contributed by atoms with Gasteiger partial charge in [0.1, 0.15) is 11.5 Å². The van der Waals surface area contributed by atoms with Gasteiger partial charge in [0, 0.05) is 11.1 Å². The fourth-order valence-corrected chi connectivity index (χ4v) is 1.76. The highest BCUT2D eigenvalue weighted by molar-refractivity contribution is 6.49. The SMILES string of the molecule is CCC(C#N)=C(Cl)c1cc(OC)ccc1OC. The Morgan fingerprint density at radius 3 is 2.53 bits per heavy atom. The highest BCUT2D eigenvalue weighted by atomic mass is 35.5. The van der Waals surface area contributed by atoms with E-state index >= 15 is 0 Å². The van der Waals surface area contributed by atoms with Gasteiger partial charge in [-0.05, 0) is 24.6 Å². The van der Waals surface area contributed by atoms with Crippen LogP contribution in [0.3, 0.4) is 0 Å². The summed E-state index contributed by atoms with van der Waals surface area (Å²) in [7, 11) is 3.14. The third kappa shape index (κ3) is 2.92. The van der Waals surface area contributed by atoms with Gasteiger partial charge in [0.25, 0.3) is 0 Å². The van der Waals surface area contributed by atoms with E-state index in [-0.39, 0.29) is 0 Å². The number of hydrogen-bond acceptors (Lipinski definition) is 3. The molecule has 90 valence electrons. The third-order valence-corrected chi connectivity index (χ3v) is 2.83. The summed E-state index contributed by atoms with van der Waals surface area (Å²) in [6.45, 7) is 1.88. The molecule has 0 saturated heterocycles. The van der Waals surface area contributed by atoms with Crippen molar-refractivity contribution in [3.05, 3.63) is 29.3 Å². The Labute approximate surface area is 106 Å². The average molecular weight is 252 g/mol. The zero-order valence-electron chi connectivity index (χ0n) is 10.1. The van der Waals surface area contributed by atoms with Gasteiger partial charge in [0.15, 0.2) is 0 Å². The second kappa shape index (κ2) is 6.17. The lowest BCUT2D eigenvalue weighted by molar-refractivity contribution is 0.402. The molecule has 0 aliphatic heterocycles. The van der Waals surface area contributed by atoms with Gasteiger partial charge in [0.2, 0.25) is 0 Å². The van der Waals surface area contributed by atoms with E-state index in [9.17, 15) is 0 Å². The van der Waals surface area contributed by atoms with Crippen molar-refractivity contribution in [3.63, 3.8) is 0 Å². The largest absolute Gasteiger partial charge is 0.497 e. The van der Waals surface area contributed by atoms with Crippen LogP contribution < -0.4 is 9.47 Å². The minimum Gasteiger partial charge on any atom is -0.497 e. The third-order valence-electron chi connectivity index (χ3n) is 2.40. The van der Waals surface area contributed by atoms with E-state index in [2.05, 4.69) is 6.07 Å². The first-order valence-electron chi connectivity index (χ1n) is 5.19.